The first kappa shape index (κ1) is 17.9. The standard InChI is InChI=1S/C16H22N4O4/c1-20-13(10-2-4-11(5-3-10)16(17)18)8-12(24-20)9-14(21)19-7-6-15(22)23/h2-5,12-13H,6-9H2,1H3,(H3,17,18)(H,19,21)(H,22,23)/t12-,13+/m0/s1. The molecule has 1 aliphatic rings. The lowest BCUT2D eigenvalue weighted by atomic mass is 9.99. The smallest absolute Gasteiger partial charge is 0.305 e. The van der Waals surface area contributed by atoms with E-state index in [0.29, 0.717) is 12.0 Å². The molecule has 1 amide bonds. The van der Waals surface area contributed by atoms with E-state index in [-0.39, 0.29) is 43.3 Å². The molecule has 8 nitrogen and oxygen atoms in total. The second kappa shape index (κ2) is 7.89. The van der Waals surface area contributed by atoms with Gasteiger partial charge in [-0.15, -0.1) is 0 Å². The second-order valence-electron chi connectivity index (χ2n) is 5.76. The molecule has 0 radical (unpaired) electrons. The molecule has 1 fully saturated rings. The van der Waals surface area contributed by atoms with Crippen molar-refractivity contribution in [2.24, 2.45) is 5.73 Å². The number of nitrogens with zero attached hydrogens (tertiary/aromatic N) is 1. The van der Waals surface area contributed by atoms with E-state index >= 15 is 0 Å². The van der Waals surface area contributed by atoms with Crippen molar-refractivity contribution in [3.05, 3.63) is 35.4 Å². The lowest BCUT2D eigenvalue weighted by Crippen LogP contribution is -2.29. The Morgan fingerprint density at radius 3 is 2.67 bits per heavy atom. The number of amides is 1. The number of rotatable bonds is 7. The van der Waals surface area contributed by atoms with Gasteiger partial charge in [-0.25, -0.2) is 0 Å². The van der Waals surface area contributed by atoms with Crippen molar-refractivity contribution in [3.63, 3.8) is 0 Å². The third-order valence-corrected chi connectivity index (χ3v) is 3.92. The summed E-state index contributed by atoms with van der Waals surface area (Å²) in [4.78, 5) is 27.9. The van der Waals surface area contributed by atoms with Gasteiger partial charge in [-0.05, 0) is 12.0 Å². The van der Waals surface area contributed by atoms with E-state index in [1.807, 2.05) is 19.2 Å². The predicted octanol–water partition coefficient (Wildman–Crippen LogP) is 0.628. The summed E-state index contributed by atoms with van der Waals surface area (Å²) in [6.07, 6.45) is 0.494. The molecule has 1 heterocycles. The number of aliphatic carboxylic acids is 1. The molecule has 24 heavy (non-hydrogen) atoms. The van der Waals surface area contributed by atoms with Gasteiger partial charge in [0, 0.05) is 19.2 Å². The van der Waals surface area contributed by atoms with E-state index in [2.05, 4.69) is 5.32 Å². The molecular weight excluding hydrogens is 312 g/mol. The van der Waals surface area contributed by atoms with Crippen LogP contribution < -0.4 is 11.1 Å². The molecule has 2 atom stereocenters. The molecular formula is C16H22N4O4. The van der Waals surface area contributed by atoms with Crippen molar-refractivity contribution in [2.75, 3.05) is 13.6 Å². The fraction of sp³-hybridized carbons (Fsp3) is 0.438. The van der Waals surface area contributed by atoms with Crippen LogP contribution in [0.1, 0.15) is 36.4 Å². The highest BCUT2D eigenvalue weighted by Gasteiger charge is 2.33. The number of hydrogen-bond acceptors (Lipinski definition) is 5. The van der Waals surface area contributed by atoms with Crippen LogP contribution >= 0.6 is 0 Å². The number of nitrogens with one attached hydrogen (secondary N) is 2. The summed E-state index contributed by atoms with van der Waals surface area (Å²) in [5, 5.41) is 20.3. The Hall–Kier alpha value is -2.45. The lowest BCUT2D eigenvalue weighted by molar-refractivity contribution is -0.151. The SMILES string of the molecule is CN1O[C@H](CC(=O)NCCC(=O)O)C[C@@H]1c1ccc(C(=N)N)cc1. The van der Waals surface area contributed by atoms with Gasteiger partial charge in [0.05, 0.1) is 25.0 Å². The molecule has 1 aromatic rings. The number of hydrogen-bond donors (Lipinski definition) is 4. The van der Waals surface area contributed by atoms with Crippen molar-refractivity contribution in [3.8, 4) is 0 Å². The van der Waals surface area contributed by atoms with E-state index < -0.39 is 5.97 Å². The molecule has 130 valence electrons. The Morgan fingerprint density at radius 1 is 1.42 bits per heavy atom. The first-order chi connectivity index (χ1) is 11.4. The molecule has 0 unspecified atom stereocenters. The van der Waals surface area contributed by atoms with Gasteiger partial charge >= 0.3 is 5.97 Å². The number of nitrogen functional groups attached to an aromatic ring is 1. The Morgan fingerprint density at radius 2 is 2.08 bits per heavy atom. The van der Waals surface area contributed by atoms with Gasteiger partial charge in [-0.3, -0.25) is 19.8 Å². The van der Waals surface area contributed by atoms with E-state index in [1.165, 1.54) is 0 Å². The van der Waals surface area contributed by atoms with Crippen molar-refractivity contribution in [1.82, 2.24) is 10.4 Å². The van der Waals surface area contributed by atoms with E-state index in [0.717, 1.165) is 5.56 Å². The van der Waals surface area contributed by atoms with Crippen molar-refractivity contribution >= 4 is 17.7 Å². The Labute approximate surface area is 140 Å². The minimum absolute atomic E-state index is 0.0165. The van der Waals surface area contributed by atoms with Crippen molar-refractivity contribution in [1.29, 1.82) is 5.41 Å². The largest absolute Gasteiger partial charge is 0.481 e. The number of amidine groups is 1. The number of hydroxylamine groups is 2. The fourth-order valence-corrected chi connectivity index (χ4v) is 2.69. The maximum absolute atomic E-state index is 11.8. The summed E-state index contributed by atoms with van der Waals surface area (Å²) in [6.45, 7) is 0.118. The van der Waals surface area contributed by atoms with E-state index in [4.69, 9.17) is 21.1 Å². The first-order valence-corrected chi connectivity index (χ1v) is 7.69. The van der Waals surface area contributed by atoms with Crippen LogP contribution in [0.2, 0.25) is 0 Å². The average molecular weight is 334 g/mol. The molecule has 1 aliphatic heterocycles. The molecule has 0 aliphatic carbocycles. The van der Waals surface area contributed by atoms with Crippen LogP contribution in [0.15, 0.2) is 24.3 Å². The van der Waals surface area contributed by atoms with E-state index in [1.54, 1.807) is 17.2 Å². The molecule has 0 bridgehead atoms. The molecule has 5 N–H and O–H groups in total. The number of carbonyl (C=O) groups is 2. The lowest BCUT2D eigenvalue weighted by Gasteiger charge is -2.17. The average Bonchev–Trinajstić information content (AvgIpc) is 2.87. The zero-order valence-electron chi connectivity index (χ0n) is 13.5. The topological polar surface area (TPSA) is 129 Å². The van der Waals surface area contributed by atoms with Crippen LogP contribution in [0, 0.1) is 5.41 Å². The normalized spacial score (nSPS) is 20.7. The minimum Gasteiger partial charge on any atom is -0.481 e. The van der Waals surface area contributed by atoms with Gasteiger partial charge < -0.3 is 16.2 Å². The molecule has 2 rings (SSSR count). The van der Waals surface area contributed by atoms with Crippen molar-refractivity contribution < 1.29 is 19.5 Å². The molecule has 0 saturated carbocycles. The van der Waals surface area contributed by atoms with Crippen LogP contribution in [0.5, 0.6) is 0 Å². The van der Waals surface area contributed by atoms with Gasteiger partial charge in [-0.2, -0.15) is 5.06 Å². The minimum atomic E-state index is -0.943. The van der Waals surface area contributed by atoms with Gasteiger partial charge in [0.25, 0.3) is 0 Å². The molecule has 1 saturated heterocycles. The Balaban J connectivity index is 1.88. The van der Waals surface area contributed by atoms with Gasteiger partial charge in [0.1, 0.15) is 5.84 Å². The monoisotopic (exact) mass is 334 g/mol. The predicted molar refractivity (Wildman–Crippen MR) is 87.3 cm³/mol. The number of carboxylic acid groups (broad SMARTS) is 1. The summed E-state index contributed by atoms with van der Waals surface area (Å²) < 4.78 is 0. The summed E-state index contributed by atoms with van der Waals surface area (Å²) in [6, 6.07) is 7.39. The summed E-state index contributed by atoms with van der Waals surface area (Å²) >= 11 is 0. The maximum atomic E-state index is 11.8. The number of carbonyl (C=O) groups excluding carboxylic acids is 1. The quantitative estimate of drug-likeness (QED) is 0.427. The molecule has 1 aromatic carbocycles. The van der Waals surface area contributed by atoms with Crippen LogP contribution in [0.4, 0.5) is 0 Å². The number of nitrogens with two attached hydrogens (primary N) is 1. The summed E-state index contributed by atoms with van der Waals surface area (Å²) in [5.41, 5.74) is 7.13. The Bertz CT molecular complexity index is 617. The third kappa shape index (κ3) is 4.77. The zero-order valence-corrected chi connectivity index (χ0v) is 13.5. The Kier molecular flexibility index (Phi) is 5.88. The number of carboxylic acids is 1. The second-order valence-corrected chi connectivity index (χ2v) is 5.76. The van der Waals surface area contributed by atoms with Crippen LogP contribution in [-0.4, -0.2) is 47.6 Å². The highest BCUT2D eigenvalue weighted by molar-refractivity contribution is 5.94. The third-order valence-electron chi connectivity index (χ3n) is 3.92. The van der Waals surface area contributed by atoms with Gasteiger partial charge in [-0.1, -0.05) is 24.3 Å². The zero-order chi connectivity index (χ0) is 17.7. The summed E-state index contributed by atoms with van der Waals surface area (Å²) in [7, 11) is 1.81. The van der Waals surface area contributed by atoms with Gasteiger partial charge in [0.2, 0.25) is 5.91 Å². The van der Waals surface area contributed by atoms with Crippen LogP contribution in [0.3, 0.4) is 0 Å². The molecule has 0 spiro atoms. The van der Waals surface area contributed by atoms with Crippen LogP contribution in [-0.2, 0) is 14.4 Å². The highest BCUT2D eigenvalue weighted by Crippen LogP contribution is 2.33. The molecule has 0 aromatic heterocycles. The number of benzene rings is 1. The van der Waals surface area contributed by atoms with Crippen LogP contribution in [0.25, 0.3) is 0 Å². The van der Waals surface area contributed by atoms with E-state index in [9.17, 15) is 9.59 Å². The molecule has 8 heteroatoms. The highest BCUT2D eigenvalue weighted by atomic mass is 16.7. The fourth-order valence-electron chi connectivity index (χ4n) is 2.69. The van der Waals surface area contributed by atoms with Crippen molar-refractivity contribution in [2.45, 2.75) is 31.4 Å². The first-order valence-electron chi connectivity index (χ1n) is 7.69. The maximum Gasteiger partial charge on any atom is 0.305 e. The van der Waals surface area contributed by atoms with Gasteiger partial charge in [0.15, 0.2) is 0 Å². The summed E-state index contributed by atoms with van der Waals surface area (Å²) in [5.74, 6) is -1.14.